The van der Waals surface area contributed by atoms with Crippen molar-refractivity contribution in [3.05, 3.63) is 29.8 Å². The molecule has 98 valence electrons. The minimum atomic E-state index is 0.0824. The first-order chi connectivity index (χ1) is 8.60. The summed E-state index contributed by atoms with van der Waals surface area (Å²) in [6.07, 6.45) is 0.454. The van der Waals surface area contributed by atoms with Gasteiger partial charge in [0.25, 0.3) is 0 Å². The van der Waals surface area contributed by atoms with E-state index in [4.69, 9.17) is 5.11 Å². The van der Waals surface area contributed by atoms with Crippen molar-refractivity contribution >= 4 is 11.6 Å². The molecule has 1 amide bonds. The fourth-order valence-electron chi connectivity index (χ4n) is 2.30. The van der Waals surface area contributed by atoms with Gasteiger partial charge in [-0.25, -0.2) is 0 Å². The highest BCUT2D eigenvalue weighted by Gasteiger charge is 2.29. The van der Waals surface area contributed by atoms with E-state index >= 15 is 0 Å². The van der Waals surface area contributed by atoms with Gasteiger partial charge in [-0.1, -0.05) is 12.1 Å². The fraction of sp³-hybridized carbons (Fsp3) is 0.500. The third-order valence-electron chi connectivity index (χ3n) is 3.21. The van der Waals surface area contributed by atoms with Gasteiger partial charge in [-0.2, -0.15) is 0 Å². The molecule has 1 aliphatic heterocycles. The standard InChI is InChI=1S/C14H20N2O2/c1-15(2)8-11-3-5-13(6-4-11)16-9-12(10-17)7-14(16)18/h3-6,12,17H,7-10H2,1-2H3. The van der Waals surface area contributed by atoms with Crippen LogP contribution in [0.4, 0.5) is 5.69 Å². The average Bonchev–Trinajstić information content (AvgIpc) is 2.71. The van der Waals surface area contributed by atoms with Crippen LogP contribution in [0.3, 0.4) is 0 Å². The van der Waals surface area contributed by atoms with Gasteiger partial charge < -0.3 is 14.9 Å². The van der Waals surface area contributed by atoms with Gasteiger partial charge in [-0.15, -0.1) is 0 Å². The smallest absolute Gasteiger partial charge is 0.227 e. The second kappa shape index (κ2) is 5.50. The molecule has 0 spiro atoms. The van der Waals surface area contributed by atoms with E-state index in [1.165, 1.54) is 5.56 Å². The minimum Gasteiger partial charge on any atom is -0.396 e. The fourth-order valence-corrected chi connectivity index (χ4v) is 2.30. The number of carbonyl (C=O) groups excluding carboxylic acids is 1. The van der Waals surface area contributed by atoms with Gasteiger partial charge >= 0.3 is 0 Å². The van der Waals surface area contributed by atoms with Crippen LogP contribution in [0.1, 0.15) is 12.0 Å². The van der Waals surface area contributed by atoms with Crippen molar-refractivity contribution in [3.8, 4) is 0 Å². The van der Waals surface area contributed by atoms with Crippen LogP contribution in [-0.4, -0.2) is 43.2 Å². The minimum absolute atomic E-state index is 0.0824. The van der Waals surface area contributed by atoms with Crippen LogP contribution in [0, 0.1) is 5.92 Å². The molecule has 0 radical (unpaired) electrons. The Labute approximate surface area is 108 Å². The van der Waals surface area contributed by atoms with Gasteiger partial charge in [-0.05, 0) is 31.8 Å². The molecule has 1 aliphatic rings. The van der Waals surface area contributed by atoms with Crippen molar-refractivity contribution in [3.63, 3.8) is 0 Å². The van der Waals surface area contributed by atoms with E-state index < -0.39 is 0 Å². The SMILES string of the molecule is CN(C)Cc1ccc(N2CC(CO)CC2=O)cc1. The molecule has 0 aliphatic carbocycles. The molecule has 0 saturated carbocycles. The highest BCUT2D eigenvalue weighted by Crippen LogP contribution is 2.25. The van der Waals surface area contributed by atoms with Crippen LogP contribution in [-0.2, 0) is 11.3 Å². The summed E-state index contributed by atoms with van der Waals surface area (Å²) in [7, 11) is 4.06. The third kappa shape index (κ3) is 2.89. The van der Waals surface area contributed by atoms with E-state index in [-0.39, 0.29) is 18.4 Å². The predicted octanol–water partition coefficient (Wildman–Crippen LogP) is 1.09. The number of aliphatic hydroxyl groups is 1. The summed E-state index contributed by atoms with van der Waals surface area (Å²) in [5.41, 5.74) is 2.16. The van der Waals surface area contributed by atoms with Crippen LogP contribution >= 0.6 is 0 Å². The van der Waals surface area contributed by atoms with Crippen molar-refractivity contribution in [1.82, 2.24) is 4.90 Å². The summed E-state index contributed by atoms with van der Waals surface area (Å²) in [4.78, 5) is 15.7. The van der Waals surface area contributed by atoms with E-state index in [9.17, 15) is 4.79 Å². The summed E-state index contributed by atoms with van der Waals surface area (Å²) in [6.45, 7) is 1.61. The molecule has 1 aromatic rings. The summed E-state index contributed by atoms with van der Waals surface area (Å²) >= 11 is 0. The lowest BCUT2D eigenvalue weighted by Crippen LogP contribution is -2.24. The lowest BCUT2D eigenvalue weighted by Gasteiger charge is -2.17. The van der Waals surface area contributed by atoms with Gasteiger partial charge in [0.2, 0.25) is 5.91 Å². The number of rotatable bonds is 4. The van der Waals surface area contributed by atoms with Crippen LogP contribution in [0.2, 0.25) is 0 Å². The molecule has 1 N–H and O–H groups in total. The summed E-state index contributed by atoms with van der Waals surface area (Å²) in [6, 6.07) is 8.07. The average molecular weight is 248 g/mol. The number of hydrogen-bond acceptors (Lipinski definition) is 3. The Morgan fingerprint density at radius 2 is 2.00 bits per heavy atom. The first-order valence-corrected chi connectivity index (χ1v) is 6.25. The maximum Gasteiger partial charge on any atom is 0.227 e. The molecule has 1 unspecified atom stereocenters. The molecule has 1 saturated heterocycles. The zero-order valence-electron chi connectivity index (χ0n) is 11.0. The normalized spacial score (nSPS) is 19.9. The van der Waals surface area contributed by atoms with Gasteiger partial charge in [0.1, 0.15) is 0 Å². The molecular weight excluding hydrogens is 228 g/mol. The van der Waals surface area contributed by atoms with Crippen molar-refractivity contribution in [2.24, 2.45) is 5.92 Å². The highest BCUT2D eigenvalue weighted by atomic mass is 16.3. The molecule has 0 aromatic heterocycles. The van der Waals surface area contributed by atoms with Gasteiger partial charge in [0.05, 0.1) is 0 Å². The van der Waals surface area contributed by atoms with Crippen LogP contribution in [0.25, 0.3) is 0 Å². The largest absolute Gasteiger partial charge is 0.396 e. The molecule has 2 rings (SSSR count). The monoisotopic (exact) mass is 248 g/mol. The Hall–Kier alpha value is -1.39. The van der Waals surface area contributed by atoms with Gasteiger partial charge in [-0.3, -0.25) is 4.79 Å². The summed E-state index contributed by atoms with van der Waals surface area (Å²) in [5, 5.41) is 9.11. The number of anilines is 1. The number of hydrogen-bond donors (Lipinski definition) is 1. The van der Waals surface area contributed by atoms with Crippen LogP contribution < -0.4 is 4.90 Å². The second-order valence-corrected chi connectivity index (χ2v) is 5.16. The predicted molar refractivity (Wildman–Crippen MR) is 71.4 cm³/mol. The molecule has 1 heterocycles. The zero-order valence-corrected chi connectivity index (χ0v) is 11.0. The van der Waals surface area contributed by atoms with Gasteiger partial charge in [0, 0.05) is 37.7 Å². The second-order valence-electron chi connectivity index (χ2n) is 5.16. The number of nitrogens with zero attached hydrogens (tertiary/aromatic N) is 2. The van der Waals surface area contributed by atoms with E-state index in [0.29, 0.717) is 13.0 Å². The van der Waals surface area contributed by atoms with Crippen molar-refractivity contribution < 1.29 is 9.90 Å². The van der Waals surface area contributed by atoms with Crippen molar-refractivity contribution in [2.45, 2.75) is 13.0 Å². The number of carbonyl (C=O) groups is 1. The highest BCUT2D eigenvalue weighted by molar-refractivity contribution is 5.95. The topological polar surface area (TPSA) is 43.8 Å². The van der Waals surface area contributed by atoms with Crippen molar-refractivity contribution in [1.29, 1.82) is 0 Å². The molecule has 18 heavy (non-hydrogen) atoms. The van der Waals surface area contributed by atoms with Crippen molar-refractivity contribution in [2.75, 3.05) is 32.1 Å². The zero-order chi connectivity index (χ0) is 13.1. The number of benzene rings is 1. The molecule has 1 aromatic carbocycles. The molecule has 1 atom stereocenters. The maximum absolute atomic E-state index is 11.8. The first-order valence-electron chi connectivity index (χ1n) is 6.25. The third-order valence-corrected chi connectivity index (χ3v) is 3.21. The van der Waals surface area contributed by atoms with Gasteiger partial charge in [0.15, 0.2) is 0 Å². The lowest BCUT2D eigenvalue weighted by atomic mass is 10.1. The molecule has 0 bridgehead atoms. The first kappa shape index (κ1) is 13.1. The van der Waals surface area contributed by atoms with Crippen LogP contribution in [0.15, 0.2) is 24.3 Å². The van der Waals surface area contributed by atoms with E-state index in [2.05, 4.69) is 17.0 Å². The number of amides is 1. The lowest BCUT2D eigenvalue weighted by molar-refractivity contribution is -0.117. The Balaban J connectivity index is 2.08. The molecule has 4 nitrogen and oxygen atoms in total. The Morgan fingerprint density at radius 1 is 1.33 bits per heavy atom. The number of aliphatic hydroxyl groups excluding tert-OH is 1. The van der Waals surface area contributed by atoms with E-state index in [0.717, 1.165) is 12.2 Å². The maximum atomic E-state index is 11.8. The Bertz CT molecular complexity index is 414. The molecular formula is C14H20N2O2. The molecule has 1 fully saturated rings. The Morgan fingerprint density at radius 3 is 2.50 bits per heavy atom. The van der Waals surface area contributed by atoms with E-state index in [1.807, 2.05) is 26.2 Å². The van der Waals surface area contributed by atoms with E-state index in [1.54, 1.807) is 4.90 Å². The summed E-state index contributed by atoms with van der Waals surface area (Å²) < 4.78 is 0. The Kier molecular flexibility index (Phi) is 3.99. The molecule has 4 heteroatoms. The summed E-state index contributed by atoms with van der Waals surface area (Å²) in [5.74, 6) is 0.188. The van der Waals surface area contributed by atoms with Crippen LogP contribution in [0.5, 0.6) is 0 Å². The quantitative estimate of drug-likeness (QED) is 0.867.